The Morgan fingerprint density at radius 2 is 2.21 bits per heavy atom. The van der Waals surface area contributed by atoms with Crippen molar-refractivity contribution in [1.82, 2.24) is 9.80 Å². The van der Waals surface area contributed by atoms with Crippen LogP contribution in [0.15, 0.2) is 0 Å². The molecule has 1 atom stereocenters. The molecule has 1 unspecified atom stereocenters. The normalized spacial score (nSPS) is 21.0. The average molecular weight is 198 g/mol. The first-order valence-electron chi connectivity index (χ1n) is 5.12. The molecule has 0 aromatic carbocycles. The number of piperazine rings is 1. The van der Waals surface area contributed by atoms with Crippen LogP contribution in [0.3, 0.4) is 0 Å². The smallest absolute Gasteiger partial charge is 0.236 e. The van der Waals surface area contributed by atoms with Gasteiger partial charge in [-0.1, -0.05) is 13.8 Å². The molecule has 0 aromatic heterocycles. The average Bonchev–Trinajstić information content (AvgIpc) is 2.20. The number of hydrogen-bond acceptors (Lipinski definition) is 3. The molecule has 1 fully saturated rings. The second kappa shape index (κ2) is 5.10. The van der Waals surface area contributed by atoms with Gasteiger partial charge in [-0.3, -0.25) is 9.69 Å². The maximum Gasteiger partial charge on any atom is 0.236 e. The third kappa shape index (κ3) is 2.80. The van der Waals surface area contributed by atoms with E-state index in [-0.39, 0.29) is 11.8 Å². The lowest BCUT2D eigenvalue weighted by Crippen LogP contribution is -2.51. The van der Waals surface area contributed by atoms with Gasteiger partial charge in [0.1, 0.15) is 6.29 Å². The molecule has 1 aliphatic heterocycles. The van der Waals surface area contributed by atoms with Crippen LogP contribution in [0.2, 0.25) is 0 Å². The molecule has 0 aliphatic carbocycles. The summed E-state index contributed by atoms with van der Waals surface area (Å²) in [5.74, 6) is 0.0962. The monoisotopic (exact) mass is 198 g/mol. The van der Waals surface area contributed by atoms with E-state index in [1.807, 2.05) is 6.92 Å². The molecule has 1 saturated heterocycles. The molecule has 4 nitrogen and oxygen atoms in total. The minimum Gasteiger partial charge on any atom is -0.340 e. The summed E-state index contributed by atoms with van der Waals surface area (Å²) < 4.78 is 0. The standard InChI is InChI=1S/C10H18N2O2/c1-3-11-4-5-12(10(14)7-11)6-9(2)8-13/h8-9H,3-7H2,1-2H3. The van der Waals surface area contributed by atoms with Crippen LogP contribution in [0.25, 0.3) is 0 Å². The number of likely N-dealkylation sites (N-methyl/N-ethyl adjacent to an activating group) is 1. The van der Waals surface area contributed by atoms with Gasteiger partial charge in [-0.15, -0.1) is 0 Å². The van der Waals surface area contributed by atoms with Crippen LogP contribution in [0.5, 0.6) is 0 Å². The summed E-state index contributed by atoms with van der Waals surface area (Å²) in [5.41, 5.74) is 0. The first-order valence-corrected chi connectivity index (χ1v) is 5.12. The van der Waals surface area contributed by atoms with E-state index >= 15 is 0 Å². The van der Waals surface area contributed by atoms with Crippen molar-refractivity contribution >= 4 is 12.2 Å². The van der Waals surface area contributed by atoms with E-state index in [0.29, 0.717) is 13.1 Å². The Morgan fingerprint density at radius 1 is 1.50 bits per heavy atom. The molecular weight excluding hydrogens is 180 g/mol. The van der Waals surface area contributed by atoms with Crippen molar-refractivity contribution in [2.75, 3.05) is 32.7 Å². The van der Waals surface area contributed by atoms with Crippen molar-refractivity contribution in [3.8, 4) is 0 Å². The summed E-state index contributed by atoms with van der Waals surface area (Å²) in [4.78, 5) is 25.9. The molecule has 1 heterocycles. The van der Waals surface area contributed by atoms with Gasteiger partial charge in [0.05, 0.1) is 6.54 Å². The molecule has 0 aromatic rings. The Balaban J connectivity index is 2.42. The lowest BCUT2D eigenvalue weighted by molar-refractivity contribution is -0.136. The number of rotatable bonds is 4. The van der Waals surface area contributed by atoms with Crippen LogP contribution in [0.4, 0.5) is 0 Å². The maximum atomic E-state index is 11.6. The Kier molecular flexibility index (Phi) is 4.07. The molecule has 14 heavy (non-hydrogen) atoms. The van der Waals surface area contributed by atoms with Crippen LogP contribution in [-0.4, -0.2) is 54.7 Å². The summed E-state index contributed by atoms with van der Waals surface area (Å²) >= 11 is 0. The predicted molar refractivity (Wildman–Crippen MR) is 53.9 cm³/mol. The Labute approximate surface area is 84.9 Å². The van der Waals surface area contributed by atoms with Crippen molar-refractivity contribution in [3.05, 3.63) is 0 Å². The zero-order valence-corrected chi connectivity index (χ0v) is 8.90. The predicted octanol–water partition coefficient (Wildman–Crippen LogP) is -0.0145. The second-order valence-electron chi connectivity index (χ2n) is 3.82. The van der Waals surface area contributed by atoms with Crippen LogP contribution in [0.1, 0.15) is 13.8 Å². The fraction of sp³-hybridized carbons (Fsp3) is 0.800. The number of carbonyl (C=O) groups is 2. The van der Waals surface area contributed by atoms with Gasteiger partial charge in [0.25, 0.3) is 0 Å². The van der Waals surface area contributed by atoms with Crippen LogP contribution >= 0.6 is 0 Å². The zero-order chi connectivity index (χ0) is 10.6. The van der Waals surface area contributed by atoms with Gasteiger partial charge < -0.3 is 9.69 Å². The van der Waals surface area contributed by atoms with Crippen LogP contribution in [0, 0.1) is 5.92 Å². The molecule has 1 amide bonds. The van der Waals surface area contributed by atoms with Crippen molar-refractivity contribution in [3.63, 3.8) is 0 Å². The van der Waals surface area contributed by atoms with E-state index in [1.165, 1.54) is 0 Å². The Hall–Kier alpha value is -0.900. The van der Waals surface area contributed by atoms with Crippen molar-refractivity contribution in [1.29, 1.82) is 0 Å². The summed E-state index contributed by atoms with van der Waals surface area (Å²) in [6.07, 6.45) is 0.902. The molecule has 80 valence electrons. The second-order valence-corrected chi connectivity index (χ2v) is 3.82. The number of amides is 1. The van der Waals surface area contributed by atoms with E-state index in [0.717, 1.165) is 25.9 Å². The largest absolute Gasteiger partial charge is 0.340 e. The highest BCUT2D eigenvalue weighted by molar-refractivity contribution is 5.79. The van der Waals surface area contributed by atoms with Gasteiger partial charge in [-0.05, 0) is 6.54 Å². The summed E-state index contributed by atoms with van der Waals surface area (Å²) in [6.45, 7) is 7.56. The Morgan fingerprint density at radius 3 is 2.71 bits per heavy atom. The number of aldehydes is 1. The highest BCUT2D eigenvalue weighted by Crippen LogP contribution is 2.05. The van der Waals surface area contributed by atoms with Gasteiger partial charge in [0.15, 0.2) is 0 Å². The van der Waals surface area contributed by atoms with Gasteiger partial charge in [0, 0.05) is 25.6 Å². The van der Waals surface area contributed by atoms with E-state index in [2.05, 4.69) is 11.8 Å². The lowest BCUT2D eigenvalue weighted by atomic mass is 10.2. The van der Waals surface area contributed by atoms with Gasteiger partial charge in [-0.2, -0.15) is 0 Å². The fourth-order valence-corrected chi connectivity index (χ4v) is 1.61. The number of nitrogens with zero attached hydrogens (tertiary/aromatic N) is 2. The summed E-state index contributed by atoms with van der Waals surface area (Å²) in [7, 11) is 0. The van der Waals surface area contributed by atoms with Crippen molar-refractivity contribution in [2.45, 2.75) is 13.8 Å². The minimum atomic E-state index is -0.0490. The maximum absolute atomic E-state index is 11.6. The van der Waals surface area contributed by atoms with Crippen LogP contribution < -0.4 is 0 Å². The molecule has 4 heteroatoms. The van der Waals surface area contributed by atoms with E-state index in [1.54, 1.807) is 4.90 Å². The first-order chi connectivity index (χ1) is 6.67. The molecule has 0 radical (unpaired) electrons. The molecular formula is C10H18N2O2. The van der Waals surface area contributed by atoms with Crippen molar-refractivity contribution < 1.29 is 9.59 Å². The van der Waals surface area contributed by atoms with Crippen molar-refractivity contribution in [2.24, 2.45) is 5.92 Å². The third-order valence-corrected chi connectivity index (χ3v) is 2.59. The first kappa shape index (κ1) is 11.2. The van der Waals surface area contributed by atoms with E-state index in [9.17, 15) is 9.59 Å². The summed E-state index contributed by atoms with van der Waals surface area (Å²) in [6, 6.07) is 0. The lowest BCUT2D eigenvalue weighted by Gasteiger charge is -2.34. The molecule has 0 saturated carbocycles. The molecule has 1 aliphatic rings. The van der Waals surface area contributed by atoms with Gasteiger partial charge in [0.2, 0.25) is 5.91 Å². The Bertz CT molecular complexity index is 218. The van der Waals surface area contributed by atoms with Gasteiger partial charge >= 0.3 is 0 Å². The minimum absolute atomic E-state index is 0.0490. The molecule has 1 rings (SSSR count). The summed E-state index contributed by atoms with van der Waals surface area (Å²) in [5, 5.41) is 0. The highest BCUT2D eigenvalue weighted by atomic mass is 16.2. The molecule has 0 bridgehead atoms. The van der Waals surface area contributed by atoms with E-state index < -0.39 is 0 Å². The van der Waals surface area contributed by atoms with Crippen LogP contribution in [-0.2, 0) is 9.59 Å². The third-order valence-electron chi connectivity index (χ3n) is 2.59. The van der Waals surface area contributed by atoms with Gasteiger partial charge in [-0.25, -0.2) is 0 Å². The van der Waals surface area contributed by atoms with E-state index in [4.69, 9.17) is 0 Å². The topological polar surface area (TPSA) is 40.6 Å². The molecule has 0 N–H and O–H groups in total. The number of carbonyl (C=O) groups excluding carboxylic acids is 2. The quantitative estimate of drug-likeness (QED) is 0.596. The fourth-order valence-electron chi connectivity index (χ4n) is 1.61. The zero-order valence-electron chi connectivity index (χ0n) is 8.90. The molecule has 0 spiro atoms. The number of hydrogen-bond donors (Lipinski definition) is 0. The highest BCUT2D eigenvalue weighted by Gasteiger charge is 2.23. The SMILES string of the molecule is CCN1CCN(CC(C)C=O)C(=O)C1.